The summed E-state index contributed by atoms with van der Waals surface area (Å²) in [6.45, 7) is 2.33. The van der Waals surface area contributed by atoms with Crippen LogP contribution in [0.5, 0.6) is 11.5 Å². The van der Waals surface area contributed by atoms with Gasteiger partial charge in [0, 0.05) is 10.5 Å². The van der Waals surface area contributed by atoms with Gasteiger partial charge in [-0.2, -0.15) is 0 Å². The maximum atomic E-state index is 11.4. The smallest absolute Gasteiger partial charge is 0.307 e. The molecular formula is C12H14BrNO4. The lowest BCUT2D eigenvalue weighted by Crippen LogP contribution is -2.17. The molecule has 0 saturated heterocycles. The van der Waals surface area contributed by atoms with Crippen LogP contribution in [-0.4, -0.2) is 19.4 Å². The van der Waals surface area contributed by atoms with Crippen molar-refractivity contribution >= 4 is 21.9 Å². The first-order valence-corrected chi connectivity index (χ1v) is 6.41. The summed E-state index contributed by atoms with van der Waals surface area (Å²) in [7, 11) is 0. The Labute approximate surface area is 113 Å². The largest absolute Gasteiger partial charge is 0.466 e. The lowest BCUT2D eigenvalue weighted by atomic mass is 10.0. The zero-order chi connectivity index (χ0) is 13.1. The topological polar surface area (TPSA) is 70.8 Å². The molecule has 1 atom stereocenters. The number of fused-ring (bicyclic) bond motifs is 1. The summed E-state index contributed by atoms with van der Waals surface area (Å²) >= 11 is 3.41. The number of esters is 1. The predicted molar refractivity (Wildman–Crippen MR) is 68.4 cm³/mol. The predicted octanol–water partition coefficient (Wildman–Crippen LogP) is 2.13. The molecule has 2 rings (SSSR count). The highest BCUT2D eigenvalue weighted by Gasteiger charge is 2.21. The van der Waals surface area contributed by atoms with E-state index in [1.54, 1.807) is 19.1 Å². The van der Waals surface area contributed by atoms with Gasteiger partial charge in [-0.05, 0) is 24.6 Å². The van der Waals surface area contributed by atoms with Gasteiger partial charge < -0.3 is 19.9 Å². The Bertz CT molecular complexity index is 464. The zero-order valence-corrected chi connectivity index (χ0v) is 11.5. The third kappa shape index (κ3) is 2.76. The number of benzene rings is 1. The van der Waals surface area contributed by atoms with E-state index in [-0.39, 0.29) is 19.2 Å². The van der Waals surface area contributed by atoms with Crippen molar-refractivity contribution in [2.75, 3.05) is 13.4 Å². The molecule has 2 N–H and O–H groups in total. The van der Waals surface area contributed by atoms with Crippen LogP contribution < -0.4 is 15.2 Å². The van der Waals surface area contributed by atoms with Crippen LogP contribution in [0, 0.1) is 0 Å². The van der Waals surface area contributed by atoms with Gasteiger partial charge in [-0.3, -0.25) is 4.79 Å². The Kier molecular flexibility index (Phi) is 4.08. The molecular weight excluding hydrogens is 302 g/mol. The van der Waals surface area contributed by atoms with E-state index in [1.807, 2.05) is 0 Å². The van der Waals surface area contributed by atoms with Crippen molar-refractivity contribution in [2.24, 2.45) is 5.73 Å². The molecule has 0 aromatic heterocycles. The van der Waals surface area contributed by atoms with Crippen LogP contribution in [-0.2, 0) is 9.53 Å². The van der Waals surface area contributed by atoms with E-state index in [1.165, 1.54) is 0 Å². The fraction of sp³-hybridized carbons (Fsp3) is 0.417. The van der Waals surface area contributed by atoms with E-state index in [0.29, 0.717) is 18.1 Å². The monoisotopic (exact) mass is 315 g/mol. The standard InChI is InChI=1S/C12H14BrNO4/c1-2-16-12(15)5-9(14)7-3-10-11(4-8(7)13)18-6-17-10/h3-4,9H,2,5-6,14H2,1H3/t9-/m1/s1. The molecule has 1 aliphatic rings. The fourth-order valence-electron chi connectivity index (χ4n) is 1.73. The summed E-state index contributed by atoms with van der Waals surface area (Å²) in [5, 5.41) is 0. The number of nitrogens with two attached hydrogens (primary N) is 1. The summed E-state index contributed by atoms with van der Waals surface area (Å²) in [5.41, 5.74) is 6.79. The number of hydrogen-bond donors (Lipinski definition) is 1. The summed E-state index contributed by atoms with van der Waals surface area (Å²) in [5.74, 6) is 1.01. The number of halogens is 1. The maximum Gasteiger partial charge on any atom is 0.307 e. The second kappa shape index (κ2) is 5.58. The van der Waals surface area contributed by atoms with Crippen LogP contribution in [0.4, 0.5) is 0 Å². The van der Waals surface area contributed by atoms with Crippen LogP contribution in [0.25, 0.3) is 0 Å². The molecule has 18 heavy (non-hydrogen) atoms. The summed E-state index contributed by atoms with van der Waals surface area (Å²) < 4.78 is 16.2. The molecule has 0 saturated carbocycles. The Balaban J connectivity index is 2.15. The van der Waals surface area contributed by atoms with Crippen LogP contribution in [0.15, 0.2) is 16.6 Å². The van der Waals surface area contributed by atoms with Gasteiger partial charge in [0.25, 0.3) is 0 Å². The van der Waals surface area contributed by atoms with Crippen LogP contribution >= 0.6 is 15.9 Å². The first-order chi connectivity index (χ1) is 8.61. The SMILES string of the molecule is CCOC(=O)C[C@@H](N)c1cc2c(cc1Br)OCO2. The molecule has 0 unspecified atom stereocenters. The van der Waals surface area contributed by atoms with Crippen molar-refractivity contribution in [1.29, 1.82) is 0 Å². The van der Waals surface area contributed by atoms with Crippen molar-refractivity contribution in [3.63, 3.8) is 0 Å². The minimum absolute atomic E-state index is 0.131. The molecule has 0 aliphatic carbocycles. The van der Waals surface area contributed by atoms with Gasteiger partial charge in [0.1, 0.15) is 0 Å². The molecule has 0 fully saturated rings. The lowest BCUT2D eigenvalue weighted by Gasteiger charge is -2.13. The van der Waals surface area contributed by atoms with E-state index in [9.17, 15) is 4.79 Å². The number of carbonyl (C=O) groups excluding carboxylic acids is 1. The minimum atomic E-state index is -0.437. The van der Waals surface area contributed by atoms with Crippen LogP contribution in [0.1, 0.15) is 24.9 Å². The molecule has 1 aliphatic heterocycles. The fourth-order valence-corrected chi connectivity index (χ4v) is 2.34. The molecule has 1 aromatic rings. The highest BCUT2D eigenvalue weighted by molar-refractivity contribution is 9.10. The van der Waals surface area contributed by atoms with Gasteiger partial charge in [0.15, 0.2) is 11.5 Å². The molecule has 0 amide bonds. The normalized spacial score (nSPS) is 14.4. The van der Waals surface area contributed by atoms with E-state index < -0.39 is 6.04 Å². The Morgan fingerprint density at radius 2 is 2.17 bits per heavy atom. The van der Waals surface area contributed by atoms with Gasteiger partial charge in [-0.25, -0.2) is 0 Å². The van der Waals surface area contributed by atoms with Gasteiger partial charge in [0.2, 0.25) is 6.79 Å². The van der Waals surface area contributed by atoms with E-state index in [0.717, 1.165) is 10.0 Å². The van der Waals surface area contributed by atoms with E-state index >= 15 is 0 Å². The Hall–Kier alpha value is -1.27. The molecule has 98 valence electrons. The van der Waals surface area contributed by atoms with Crippen LogP contribution in [0.3, 0.4) is 0 Å². The number of carbonyl (C=O) groups is 1. The molecule has 6 heteroatoms. The van der Waals surface area contributed by atoms with Gasteiger partial charge in [-0.15, -0.1) is 0 Å². The van der Waals surface area contributed by atoms with Gasteiger partial charge >= 0.3 is 5.97 Å². The molecule has 5 nitrogen and oxygen atoms in total. The highest BCUT2D eigenvalue weighted by atomic mass is 79.9. The van der Waals surface area contributed by atoms with Gasteiger partial charge in [0.05, 0.1) is 13.0 Å². The molecule has 0 spiro atoms. The molecule has 1 heterocycles. The van der Waals surface area contributed by atoms with Crippen molar-refractivity contribution < 1.29 is 19.0 Å². The first kappa shape index (κ1) is 13.2. The summed E-state index contributed by atoms with van der Waals surface area (Å²) in [4.78, 5) is 11.4. The zero-order valence-electron chi connectivity index (χ0n) is 9.94. The van der Waals surface area contributed by atoms with E-state index in [2.05, 4.69) is 15.9 Å². The lowest BCUT2D eigenvalue weighted by molar-refractivity contribution is -0.143. The molecule has 1 aromatic carbocycles. The molecule has 0 bridgehead atoms. The third-order valence-corrected chi connectivity index (χ3v) is 3.27. The second-order valence-corrected chi connectivity index (χ2v) is 4.70. The number of rotatable bonds is 4. The average Bonchev–Trinajstić information content (AvgIpc) is 2.74. The van der Waals surface area contributed by atoms with Gasteiger partial charge in [-0.1, -0.05) is 15.9 Å². The minimum Gasteiger partial charge on any atom is -0.466 e. The average molecular weight is 316 g/mol. The third-order valence-electron chi connectivity index (χ3n) is 2.58. The van der Waals surface area contributed by atoms with Crippen LogP contribution in [0.2, 0.25) is 0 Å². The van der Waals surface area contributed by atoms with Crippen molar-refractivity contribution in [1.82, 2.24) is 0 Å². The van der Waals surface area contributed by atoms with Crippen molar-refractivity contribution in [3.8, 4) is 11.5 Å². The highest BCUT2D eigenvalue weighted by Crippen LogP contribution is 2.39. The van der Waals surface area contributed by atoms with Crippen molar-refractivity contribution in [2.45, 2.75) is 19.4 Å². The second-order valence-electron chi connectivity index (χ2n) is 3.84. The quantitative estimate of drug-likeness (QED) is 0.862. The number of ether oxygens (including phenoxy) is 3. The first-order valence-electron chi connectivity index (χ1n) is 5.62. The Morgan fingerprint density at radius 1 is 1.50 bits per heavy atom. The summed E-state index contributed by atoms with van der Waals surface area (Å²) in [6.07, 6.45) is 0.131. The summed E-state index contributed by atoms with van der Waals surface area (Å²) in [6, 6.07) is 3.15. The maximum absolute atomic E-state index is 11.4. The Morgan fingerprint density at radius 3 is 2.83 bits per heavy atom. The van der Waals surface area contributed by atoms with Crippen molar-refractivity contribution in [3.05, 3.63) is 22.2 Å². The van der Waals surface area contributed by atoms with E-state index in [4.69, 9.17) is 19.9 Å². The molecule has 0 radical (unpaired) electrons. The number of hydrogen-bond acceptors (Lipinski definition) is 5.